The van der Waals surface area contributed by atoms with E-state index in [-0.39, 0.29) is 5.97 Å². The lowest BCUT2D eigenvalue weighted by Gasteiger charge is -2.18. The fourth-order valence-electron chi connectivity index (χ4n) is 2.99. The van der Waals surface area contributed by atoms with Crippen LogP contribution in [0.2, 0.25) is 0 Å². The number of carbonyl (C=O) groups is 1. The average molecular weight is 354 g/mol. The molecule has 0 bridgehead atoms. The van der Waals surface area contributed by atoms with Crippen LogP contribution in [0.25, 0.3) is 0 Å². The van der Waals surface area contributed by atoms with Crippen molar-refractivity contribution in [1.29, 1.82) is 0 Å². The number of rotatable bonds is 11. The molecule has 0 aliphatic rings. The van der Waals surface area contributed by atoms with E-state index >= 15 is 0 Å². The van der Waals surface area contributed by atoms with Gasteiger partial charge < -0.3 is 9.47 Å². The molecular weight excluding hydrogens is 324 g/mol. The lowest BCUT2D eigenvalue weighted by Crippen LogP contribution is -2.15. The summed E-state index contributed by atoms with van der Waals surface area (Å²) in [5, 5.41) is 0. The Labute approximate surface area is 157 Å². The quantitative estimate of drug-likeness (QED) is 0.384. The van der Waals surface area contributed by atoms with Crippen molar-refractivity contribution in [3.8, 4) is 5.75 Å². The van der Waals surface area contributed by atoms with Gasteiger partial charge in [0.2, 0.25) is 0 Å². The first kappa shape index (κ1) is 20.0. The Morgan fingerprint density at radius 2 is 1.69 bits per heavy atom. The van der Waals surface area contributed by atoms with Crippen molar-refractivity contribution in [2.75, 3.05) is 13.2 Å². The van der Waals surface area contributed by atoms with E-state index in [1.807, 2.05) is 12.1 Å². The van der Waals surface area contributed by atoms with E-state index in [0.29, 0.717) is 24.7 Å². The van der Waals surface area contributed by atoms with Gasteiger partial charge in [0.25, 0.3) is 0 Å². The zero-order valence-corrected chi connectivity index (χ0v) is 15.9. The van der Waals surface area contributed by atoms with E-state index in [4.69, 9.17) is 9.47 Å². The van der Waals surface area contributed by atoms with Gasteiger partial charge in [-0.25, -0.2) is 4.79 Å². The largest absolute Gasteiger partial charge is 0.493 e. The van der Waals surface area contributed by atoms with Crippen LogP contribution in [0, 0.1) is 5.92 Å². The summed E-state index contributed by atoms with van der Waals surface area (Å²) in [5.74, 6) is 1.00. The van der Waals surface area contributed by atoms with Crippen molar-refractivity contribution in [3.63, 3.8) is 0 Å². The number of hydrogen-bond acceptors (Lipinski definition) is 3. The van der Waals surface area contributed by atoms with Crippen LogP contribution in [0.4, 0.5) is 0 Å². The smallest absolute Gasteiger partial charge is 0.338 e. The Bertz CT molecular complexity index is 634. The lowest BCUT2D eigenvalue weighted by atomic mass is 9.94. The summed E-state index contributed by atoms with van der Waals surface area (Å²) in [4.78, 5) is 11.7. The highest BCUT2D eigenvalue weighted by atomic mass is 16.5. The van der Waals surface area contributed by atoms with Gasteiger partial charge in [-0.1, -0.05) is 56.5 Å². The normalized spacial score (nSPS) is 11.8. The minimum atomic E-state index is -0.291. The monoisotopic (exact) mass is 354 g/mol. The predicted octanol–water partition coefficient (Wildman–Crippen LogP) is 5.68. The SMILES string of the molecule is CCCCC[C@@H](COc1ccc(C(=O)OCC)cc1)Cc1ccccc1. The van der Waals surface area contributed by atoms with Gasteiger partial charge in [0, 0.05) is 0 Å². The molecule has 0 saturated carbocycles. The molecule has 0 amide bonds. The zero-order chi connectivity index (χ0) is 18.6. The van der Waals surface area contributed by atoms with Crippen LogP contribution in [-0.2, 0) is 11.2 Å². The molecule has 0 spiro atoms. The van der Waals surface area contributed by atoms with Crippen LogP contribution >= 0.6 is 0 Å². The number of ether oxygens (including phenoxy) is 2. The van der Waals surface area contributed by atoms with Gasteiger partial charge in [-0.3, -0.25) is 0 Å². The van der Waals surface area contributed by atoms with Gasteiger partial charge in [-0.15, -0.1) is 0 Å². The van der Waals surface area contributed by atoms with E-state index in [9.17, 15) is 4.79 Å². The van der Waals surface area contributed by atoms with Crippen molar-refractivity contribution < 1.29 is 14.3 Å². The lowest BCUT2D eigenvalue weighted by molar-refractivity contribution is 0.0526. The molecule has 3 heteroatoms. The average Bonchev–Trinajstić information content (AvgIpc) is 2.67. The third kappa shape index (κ3) is 6.91. The highest BCUT2D eigenvalue weighted by Crippen LogP contribution is 2.19. The second-order valence-corrected chi connectivity index (χ2v) is 6.61. The van der Waals surface area contributed by atoms with Gasteiger partial charge in [0.05, 0.1) is 18.8 Å². The summed E-state index contributed by atoms with van der Waals surface area (Å²) < 4.78 is 11.0. The Hall–Kier alpha value is -2.29. The van der Waals surface area contributed by atoms with Crippen LogP contribution in [-0.4, -0.2) is 19.2 Å². The maximum Gasteiger partial charge on any atom is 0.338 e. The summed E-state index contributed by atoms with van der Waals surface area (Å²) in [5.41, 5.74) is 1.92. The second-order valence-electron chi connectivity index (χ2n) is 6.61. The maximum atomic E-state index is 11.7. The van der Waals surface area contributed by atoms with Crippen molar-refractivity contribution in [2.45, 2.75) is 46.0 Å². The minimum Gasteiger partial charge on any atom is -0.493 e. The standard InChI is InChI=1S/C23H30O3/c1-3-5-7-12-20(17-19-10-8-6-9-11-19)18-26-22-15-13-21(14-16-22)23(24)25-4-2/h6,8-11,13-16,20H,3-5,7,12,17-18H2,1-2H3/t20-/m1/s1. The molecule has 26 heavy (non-hydrogen) atoms. The van der Waals surface area contributed by atoms with Crippen LogP contribution < -0.4 is 4.74 Å². The van der Waals surface area contributed by atoms with Gasteiger partial charge in [-0.2, -0.15) is 0 Å². The van der Waals surface area contributed by atoms with Crippen molar-refractivity contribution in [1.82, 2.24) is 0 Å². The molecule has 0 radical (unpaired) electrons. The van der Waals surface area contributed by atoms with Crippen LogP contribution in [0.5, 0.6) is 5.75 Å². The predicted molar refractivity (Wildman–Crippen MR) is 106 cm³/mol. The number of unbranched alkanes of at least 4 members (excludes halogenated alkanes) is 2. The summed E-state index contributed by atoms with van der Waals surface area (Å²) in [6.45, 7) is 5.11. The van der Waals surface area contributed by atoms with Crippen molar-refractivity contribution in [2.24, 2.45) is 5.92 Å². The van der Waals surface area contributed by atoms with E-state index in [1.165, 1.54) is 31.2 Å². The number of benzene rings is 2. The molecule has 3 nitrogen and oxygen atoms in total. The van der Waals surface area contributed by atoms with Crippen LogP contribution in [0.1, 0.15) is 55.5 Å². The van der Waals surface area contributed by atoms with Gasteiger partial charge >= 0.3 is 5.97 Å². The van der Waals surface area contributed by atoms with E-state index in [0.717, 1.165) is 12.2 Å². The molecule has 0 fully saturated rings. The van der Waals surface area contributed by atoms with Crippen molar-refractivity contribution >= 4 is 5.97 Å². The first-order valence-electron chi connectivity index (χ1n) is 9.66. The third-order valence-electron chi connectivity index (χ3n) is 4.43. The van der Waals surface area contributed by atoms with Gasteiger partial charge in [0.1, 0.15) is 5.75 Å². The highest BCUT2D eigenvalue weighted by Gasteiger charge is 2.12. The molecule has 2 aromatic carbocycles. The fraction of sp³-hybridized carbons (Fsp3) is 0.435. The molecule has 0 aromatic heterocycles. The molecule has 2 rings (SSSR count). The molecule has 0 unspecified atom stereocenters. The molecule has 0 N–H and O–H groups in total. The topological polar surface area (TPSA) is 35.5 Å². The molecule has 140 valence electrons. The van der Waals surface area contributed by atoms with Crippen LogP contribution in [0.15, 0.2) is 54.6 Å². The molecular formula is C23H30O3. The Balaban J connectivity index is 1.91. The Kier molecular flexibility index (Phi) is 8.74. The summed E-state index contributed by atoms with van der Waals surface area (Å²) in [7, 11) is 0. The highest BCUT2D eigenvalue weighted by molar-refractivity contribution is 5.89. The fourth-order valence-corrected chi connectivity index (χ4v) is 2.99. The second kappa shape index (κ2) is 11.3. The number of esters is 1. The van der Waals surface area contributed by atoms with Crippen molar-refractivity contribution in [3.05, 3.63) is 65.7 Å². The molecule has 0 saturated heterocycles. The molecule has 0 heterocycles. The van der Waals surface area contributed by atoms with E-state index < -0.39 is 0 Å². The number of carbonyl (C=O) groups excluding carboxylic acids is 1. The van der Waals surface area contributed by atoms with E-state index in [2.05, 4.69) is 37.3 Å². The molecule has 0 aliphatic carbocycles. The minimum absolute atomic E-state index is 0.291. The number of hydrogen-bond donors (Lipinski definition) is 0. The Morgan fingerprint density at radius 3 is 2.35 bits per heavy atom. The first-order valence-corrected chi connectivity index (χ1v) is 9.66. The molecule has 2 aromatic rings. The summed E-state index contributed by atoms with van der Waals surface area (Å²) in [6.07, 6.45) is 5.93. The molecule has 1 atom stereocenters. The molecule has 0 aliphatic heterocycles. The summed E-state index contributed by atoms with van der Waals surface area (Å²) in [6, 6.07) is 17.8. The Morgan fingerprint density at radius 1 is 0.962 bits per heavy atom. The van der Waals surface area contributed by atoms with Crippen LogP contribution in [0.3, 0.4) is 0 Å². The summed E-state index contributed by atoms with van der Waals surface area (Å²) >= 11 is 0. The first-order chi connectivity index (χ1) is 12.7. The maximum absolute atomic E-state index is 11.7. The van der Waals surface area contributed by atoms with Gasteiger partial charge in [0.15, 0.2) is 0 Å². The zero-order valence-electron chi connectivity index (χ0n) is 15.9. The van der Waals surface area contributed by atoms with Gasteiger partial charge in [-0.05, 0) is 55.5 Å². The van der Waals surface area contributed by atoms with E-state index in [1.54, 1.807) is 19.1 Å². The third-order valence-corrected chi connectivity index (χ3v) is 4.43.